The molecule has 4 aromatic heterocycles. The lowest BCUT2D eigenvalue weighted by molar-refractivity contribution is 0.0958. The van der Waals surface area contributed by atoms with Gasteiger partial charge in [0.1, 0.15) is 4.83 Å². The molecule has 4 heterocycles. The molecule has 5 aromatic rings. The van der Waals surface area contributed by atoms with Crippen LogP contribution in [-0.2, 0) is 6.42 Å². The van der Waals surface area contributed by atoms with Gasteiger partial charge in [-0.15, -0.1) is 22.7 Å². The smallest absolute Gasteiger partial charge is 0.261 e. The predicted octanol–water partition coefficient (Wildman–Crippen LogP) is 3.77. The Balaban J connectivity index is 1.22. The van der Waals surface area contributed by atoms with E-state index in [1.165, 1.54) is 16.9 Å². The first-order valence-corrected chi connectivity index (χ1v) is 10.2. The minimum absolute atomic E-state index is 0.0462. The van der Waals surface area contributed by atoms with Crippen molar-refractivity contribution in [1.82, 2.24) is 24.5 Å². The molecule has 0 aliphatic heterocycles. The van der Waals surface area contributed by atoms with E-state index in [-0.39, 0.29) is 5.91 Å². The maximum Gasteiger partial charge on any atom is 0.261 e. The molecule has 8 heteroatoms. The van der Waals surface area contributed by atoms with Crippen molar-refractivity contribution in [2.75, 3.05) is 6.54 Å². The van der Waals surface area contributed by atoms with Gasteiger partial charge in [0.2, 0.25) is 0 Å². The lowest BCUT2D eigenvalue weighted by atomic mass is 10.1. The fourth-order valence-electron chi connectivity index (χ4n) is 3.00. The molecule has 0 radical (unpaired) electrons. The van der Waals surface area contributed by atoms with Gasteiger partial charge in [-0.05, 0) is 36.2 Å². The van der Waals surface area contributed by atoms with Crippen molar-refractivity contribution in [2.24, 2.45) is 0 Å². The van der Waals surface area contributed by atoms with Gasteiger partial charge >= 0.3 is 0 Å². The van der Waals surface area contributed by atoms with Crippen LogP contribution in [0, 0.1) is 0 Å². The van der Waals surface area contributed by atoms with E-state index in [2.05, 4.69) is 27.5 Å². The summed E-state index contributed by atoms with van der Waals surface area (Å²) in [6, 6.07) is 12.0. The molecular weight excluding hydrogens is 378 g/mol. The minimum Gasteiger partial charge on any atom is -0.351 e. The third-order valence-corrected chi connectivity index (χ3v) is 6.14. The van der Waals surface area contributed by atoms with Crippen LogP contribution in [0.5, 0.6) is 0 Å². The van der Waals surface area contributed by atoms with Crippen LogP contribution < -0.4 is 5.32 Å². The second kappa shape index (κ2) is 6.64. The number of amides is 1. The number of benzene rings is 1. The summed E-state index contributed by atoms with van der Waals surface area (Å²) in [5.41, 5.74) is 3.19. The van der Waals surface area contributed by atoms with Crippen molar-refractivity contribution < 1.29 is 4.79 Å². The molecule has 5 rings (SSSR count). The van der Waals surface area contributed by atoms with Crippen molar-refractivity contribution in [2.45, 2.75) is 6.42 Å². The highest BCUT2D eigenvalue weighted by Gasteiger charge is 2.14. The van der Waals surface area contributed by atoms with Gasteiger partial charge in [0.15, 0.2) is 4.96 Å². The van der Waals surface area contributed by atoms with Crippen molar-refractivity contribution >= 4 is 43.9 Å². The third-order valence-electron chi connectivity index (χ3n) is 4.37. The molecule has 1 aromatic carbocycles. The van der Waals surface area contributed by atoms with E-state index in [0.717, 1.165) is 27.4 Å². The van der Waals surface area contributed by atoms with Gasteiger partial charge in [0, 0.05) is 30.5 Å². The maximum absolute atomic E-state index is 12.4. The molecule has 134 valence electrons. The fourth-order valence-corrected chi connectivity index (χ4v) is 4.72. The summed E-state index contributed by atoms with van der Waals surface area (Å²) in [5, 5.41) is 9.22. The molecule has 0 aliphatic carbocycles. The van der Waals surface area contributed by atoms with Crippen molar-refractivity contribution in [3.8, 4) is 5.69 Å². The van der Waals surface area contributed by atoms with E-state index in [1.807, 2.05) is 51.1 Å². The Morgan fingerprint density at radius 1 is 1.19 bits per heavy atom. The van der Waals surface area contributed by atoms with Crippen LogP contribution in [0.15, 0.2) is 60.4 Å². The van der Waals surface area contributed by atoms with E-state index < -0.39 is 0 Å². The number of imidazole rings is 1. The van der Waals surface area contributed by atoms with E-state index >= 15 is 0 Å². The average molecular weight is 393 g/mol. The number of nitrogens with one attached hydrogen (secondary N) is 1. The Labute approximate surface area is 162 Å². The molecule has 1 N–H and O–H groups in total. The molecule has 0 fully saturated rings. The summed E-state index contributed by atoms with van der Waals surface area (Å²) in [7, 11) is 0. The average Bonchev–Trinajstić information content (AvgIpc) is 3.44. The van der Waals surface area contributed by atoms with E-state index in [0.29, 0.717) is 11.4 Å². The molecule has 0 bridgehead atoms. The topological polar surface area (TPSA) is 64.2 Å². The number of thiazole rings is 1. The zero-order valence-corrected chi connectivity index (χ0v) is 15.8. The summed E-state index contributed by atoms with van der Waals surface area (Å²) >= 11 is 3.03. The first-order chi connectivity index (χ1) is 13.3. The van der Waals surface area contributed by atoms with E-state index in [9.17, 15) is 4.79 Å². The van der Waals surface area contributed by atoms with Crippen LogP contribution in [0.25, 0.3) is 21.0 Å². The zero-order chi connectivity index (χ0) is 18.2. The number of hydrogen-bond donors (Lipinski definition) is 1. The SMILES string of the molecule is O=C(NCCc1ccc(-n2cccn2)cc1)c1cc2c(nc3sccn32)s1. The molecule has 0 aliphatic rings. The van der Waals surface area contributed by atoms with Gasteiger partial charge in [-0.1, -0.05) is 12.1 Å². The standard InChI is InChI=1S/C19H15N5OS2/c25-17(16-12-15-18(27-16)22-19-23(15)10-11-26-19)20-8-6-13-2-4-14(5-3-13)24-9-1-7-21-24/h1-5,7,9-12H,6,8H2,(H,20,25). The summed E-state index contributed by atoms with van der Waals surface area (Å²) in [5.74, 6) is -0.0462. The van der Waals surface area contributed by atoms with Crippen molar-refractivity contribution in [3.05, 3.63) is 70.8 Å². The number of carbonyl (C=O) groups excluding carboxylic acids is 1. The molecule has 6 nitrogen and oxygen atoms in total. The molecule has 27 heavy (non-hydrogen) atoms. The number of nitrogens with zero attached hydrogens (tertiary/aromatic N) is 4. The number of rotatable bonds is 5. The Morgan fingerprint density at radius 3 is 2.89 bits per heavy atom. The van der Waals surface area contributed by atoms with Gasteiger partial charge < -0.3 is 5.32 Å². The Hall–Kier alpha value is -2.97. The van der Waals surface area contributed by atoms with Crippen LogP contribution in [0.2, 0.25) is 0 Å². The minimum atomic E-state index is -0.0462. The number of hydrogen-bond acceptors (Lipinski definition) is 5. The van der Waals surface area contributed by atoms with Crippen molar-refractivity contribution in [3.63, 3.8) is 0 Å². The zero-order valence-electron chi connectivity index (χ0n) is 14.2. The van der Waals surface area contributed by atoms with Crippen LogP contribution in [-0.4, -0.2) is 31.6 Å². The van der Waals surface area contributed by atoms with Gasteiger partial charge in [-0.2, -0.15) is 5.10 Å². The lowest BCUT2D eigenvalue weighted by Gasteiger charge is -2.06. The summed E-state index contributed by atoms with van der Waals surface area (Å²) < 4.78 is 3.85. The number of thiophene rings is 1. The second-order valence-electron chi connectivity index (χ2n) is 6.09. The summed E-state index contributed by atoms with van der Waals surface area (Å²) in [6.07, 6.45) is 6.44. The highest BCUT2D eigenvalue weighted by Crippen LogP contribution is 2.28. The molecule has 0 saturated heterocycles. The summed E-state index contributed by atoms with van der Waals surface area (Å²) in [6.45, 7) is 0.594. The highest BCUT2D eigenvalue weighted by atomic mass is 32.1. The fraction of sp³-hybridized carbons (Fsp3) is 0.105. The molecular formula is C19H15N5OS2. The quantitative estimate of drug-likeness (QED) is 0.494. The lowest BCUT2D eigenvalue weighted by Crippen LogP contribution is -2.24. The Bertz CT molecular complexity index is 1210. The predicted molar refractivity (Wildman–Crippen MR) is 108 cm³/mol. The van der Waals surface area contributed by atoms with Gasteiger partial charge in [-0.25, -0.2) is 9.67 Å². The number of aromatic nitrogens is 4. The van der Waals surface area contributed by atoms with E-state index in [4.69, 9.17) is 0 Å². The first-order valence-electron chi connectivity index (χ1n) is 8.50. The molecule has 1 amide bonds. The molecule has 0 unspecified atom stereocenters. The van der Waals surface area contributed by atoms with E-state index in [1.54, 1.807) is 17.5 Å². The van der Waals surface area contributed by atoms with Crippen LogP contribution in [0.4, 0.5) is 0 Å². The molecule has 0 spiro atoms. The second-order valence-corrected chi connectivity index (χ2v) is 8.00. The molecule has 0 saturated carbocycles. The number of carbonyl (C=O) groups is 1. The first kappa shape index (κ1) is 16.2. The monoisotopic (exact) mass is 393 g/mol. The van der Waals surface area contributed by atoms with Gasteiger partial charge in [0.05, 0.1) is 16.1 Å². The Kier molecular flexibility index (Phi) is 3.99. The number of fused-ring (bicyclic) bond motifs is 3. The highest BCUT2D eigenvalue weighted by molar-refractivity contribution is 7.21. The van der Waals surface area contributed by atoms with Crippen LogP contribution in [0.1, 0.15) is 15.2 Å². The normalized spacial score (nSPS) is 11.4. The third kappa shape index (κ3) is 3.02. The van der Waals surface area contributed by atoms with Gasteiger partial charge in [0.25, 0.3) is 5.91 Å². The van der Waals surface area contributed by atoms with Gasteiger partial charge in [-0.3, -0.25) is 9.20 Å². The Morgan fingerprint density at radius 2 is 2.07 bits per heavy atom. The molecule has 0 atom stereocenters. The van der Waals surface area contributed by atoms with Crippen LogP contribution in [0.3, 0.4) is 0 Å². The summed E-state index contributed by atoms with van der Waals surface area (Å²) in [4.78, 5) is 19.5. The maximum atomic E-state index is 12.4. The largest absolute Gasteiger partial charge is 0.351 e. The van der Waals surface area contributed by atoms with Crippen molar-refractivity contribution in [1.29, 1.82) is 0 Å². The van der Waals surface area contributed by atoms with Crippen LogP contribution >= 0.6 is 22.7 Å².